The van der Waals surface area contributed by atoms with Crippen LogP contribution in [0.1, 0.15) is 40.2 Å². The van der Waals surface area contributed by atoms with Crippen molar-refractivity contribution in [3.63, 3.8) is 0 Å². The van der Waals surface area contributed by atoms with Gasteiger partial charge in [0.05, 0.1) is 6.04 Å². The van der Waals surface area contributed by atoms with Crippen molar-refractivity contribution < 1.29 is 23.1 Å². The van der Waals surface area contributed by atoms with Gasteiger partial charge in [-0.2, -0.15) is 0 Å². The van der Waals surface area contributed by atoms with Crippen LogP contribution >= 0.6 is 11.3 Å². The number of rotatable bonds is 8. The highest BCUT2D eigenvalue weighted by atomic mass is 32.1. The van der Waals surface area contributed by atoms with Crippen molar-refractivity contribution >= 4 is 23.2 Å². The van der Waals surface area contributed by atoms with Crippen molar-refractivity contribution in [1.82, 2.24) is 9.80 Å². The topological polar surface area (TPSA) is 49.9 Å². The molecule has 178 valence electrons. The molecule has 2 amide bonds. The van der Waals surface area contributed by atoms with E-state index in [9.17, 15) is 18.4 Å². The lowest BCUT2D eigenvalue weighted by Crippen LogP contribution is -2.48. The number of amides is 2. The normalized spacial score (nSPS) is 15.0. The number of para-hydroxylation sites is 1. The Bertz CT molecular complexity index is 1170. The Morgan fingerprint density at radius 2 is 1.97 bits per heavy atom. The van der Waals surface area contributed by atoms with Gasteiger partial charge in [0.1, 0.15) is 19.0 Å². The molecule has 1 atom stereocenters. The number of thiophene rings is 1. The number of benzene rings is 2. The molecule has 0 saturated heterocycles. The van der Waals surface area contributed by atoms with Gasteiger partial charge < -0.3 is 14.5 Å². The summed E-state index contributed by atoms with van der Waals surface area (Å²) in [6.45, 7) is 2.74. The quantitative estimate of drug-likeness (QED) is 0.448. The summed E-state index contributed by atoms with van der Waals surface area (Å²) < 4.78 is 33.5. The number of halogens is 2. The zero-order chi connectivity index (χ0) is 24.1. The van der Waals surface area contributed by atoms with Gasteiger partial charge in [-0.25, -0.2) is 8.78 Å². The number of carbonyl (C=O) groups excluding carboxylic acids is 2. The highest BCUT2D eigenvalue weighted by molar-refractivity contribution is 7.10. The first-order valence-corrected chi connectivity index (χ1v) is 12.1. The third-order valence-electron chi connectivity index (χ3n) is 5.83. The Hall–Kier alpha value is -3.26. The van der Waals surface area contributed by atoms with E-state index < -0.39 is 17.7 Å². The fourth-order valence-electron chi connectivity index (χ4n) is 4.19. The van der Waals surface area contributed by atoms with Crippen LogP contribution in [0, 0.1) is 11.6 Å². The monoisotopic (exact) mass is 484 g/mol. The molecule has 0 aliphatic carbocycles. The van der Waals surface area contributed by atoms with Crippen LogP contribution in [0.15, 0.2) is 60.0 Å². The van der Waals surface area contributed by atoms with E-state index in [-0.39, 0.29) is 36.3 Å². The lowest BCUT2D eigenvalue weighted by atomic mass is 10.0. The molecule has 34 heavy (non-hydrogen) atoms. The van der Waals surface area contributed by atoms with E-state index in [1.54, 1.807) is 40.5 Å². The van der Waals surface area contributed by atoms with Crippen molar-refractivity contribution in [2.24, 2.45) is 0 Å². The minimum Gasteiger partial charge on any atom is -0.488 e. The van der Waals surface area contributed by atoms with Crippen LogP contribution < -0.4 is 4.74 Å². The second kappa shape index (κ2) is 10.8. The standard InChI is InChI=1S/C26H26F2N2O3S/c1-2-12-29(26(32)18-6-5-7-19(27)15-18)16-25(31)30-13-10-24-20(11-14-34-24)22(30)17-33-23-9-4-3-8-21(23)28/h3-9,11,14-15,22H,2,10,12-13,16-17H2,1H3/t22-/m0/s1. The van der Waals surface area contributed by atoms with Crippen molar-refractivity contribution in [1.29, 1.82) is 0 Å². The number of carbonyl (C=O) groups is 2. The average Bonchev–Trinajstić information content (AvgIpc) is 3.32. The Morgan fingerprint density at radius 1 is 1.15 bits per heavy atom. The number of hydrogen-bond donors (Lipinski definition) is 0. The van der Waals surface area contributed by atoms with Crippen molar-refractivity contribution in [2.75, 3.05) is 26.2 Å². The Balaban J connectivity index is 1.53. The number of hydrogen-bond acceptors (Lipinski definition) is 4. The second-order valence-electron chi connectivity index (χ2n) is 8.13. The highest BCUT2D eigenvalue weighted by Gasteiger charge is 2.33. The molecule has 4 rings (SSSR count). The number of ether oxygens (including phenoxy) is 1. The summed E-state index contributed by atoms with van der Waals surface area (Å²) >= 11 is 1.63. The summed E-state index contributed by atoms with van der Waals surface area (Å²) in [5.74, 6) is -1.44. The van der Waals surface area contributed by atoms with Crippen LogP contribution in [-0.2, 0) is 11.2 Å². The predicted molar refractivity (Wildman–Crippen MR) is 127 cm³/mol. The molecular weight excluding hydrogens is 458 g/mol. The van der Waals surface area contributed by atoms with E-state index in [2.05, 4.69) is 0 Å². The van der Waals surface area contributed by atoms with Gasteiger partial charge in [0.25, 0.3) is 5.91 Å². The van der Waals surface area contributed by atoms with E-state index >= 15 is 0 Å². The smallest absolute Gasteiger partial charge is 0.254 e. The molecule has 1 aromatic heterocycles. The van der Waals surface area contributed by atoms with Crippen LogP contribution in [0.4, 0.5) is 8.78 Å². The lowest BCUT2D eigenvalue weighted by Gasteiger charge is -2.37. The third kappa shape index (κ3) is 5.28. The van der Waals surface area contributed by atoms with Crippen molar-refractivity contribution in [3.8, 4) is 5.75 Å². The maximum Gasteiger partial charge on any atom is 0.254 e. The average molecular weight is 485 g/mol. The van der Waals surface area contributed by atoms with Crippen LogP contribution in [0.3, 0.4) is 0 Å². The fraction of sp³-hybridized carbons (Fsp3) is 0.308. The summed E-state index contributed by atoms with van der Waals surface area (Å²) in [6.07, 6.45) is 1.36. The molecule has 0 radical (unpaired) electrons. The molecule has 0 unspecified atom stereocenters. The van der Waals surface area contributed by atoms with E-state index in [1.807, 2.05) is 18.4 Å². The van der Waals surface area contributed by atoms with Crippen LogP contribution in [-0.4, -0.2) is 47.9 Å². The van der Waals surface area contributed by atoms with Gasteiger partial charge in [0, 0.05) is 23.5 Å². The number of fused-ring (bicyclic) bond motifs is 1. The van der Waals surface area contributed by atoms with Crippen LogP contribution in [0.25, 0.3) is 0 Å². The maximum atomic E-state index is 14.1. The van der Waals surface area contributed by atoms with Gasteiger partial charge in [0.2, 0.25) is 5.91 Å². The third-order valence-corrected chi connectivity index (χ3v) is 6.82. The van der Waals surface area contributed by atoms with Gasteiger partial charge in [-0.3, -0.25) is 9.59 Å². The summed E-state index contributed by atoms with van der Waals surface area (Å²) in [6, 6.07) is 13.2. The van der Waals surface area contributed by atoms with Gasteiger partial charge in [-0.15, -0.1) is 11.3 Å². The summed E-state index contributed by atoms with van der Waals surface area (Å²) in [7, 11) is 0. The SMILES string of the molecule is CCCN(CC(=O)N1CCc2sccc2[C@@H]1COc1ccccc1F)C(=O)c1cccc(F)c1. The molecule has 8 heteroatoms. The Morgan fingerprint density at radius 3 is 2.74 bits per heavy atom. The highest BCUT2D eigenvalue weighted by Crippen LogP contribution is 2.34. The second-order valence-corrected chi connectivity index (χ2v) is 9.13. The first-order valence-electron chi connectivity index (χ1n) is 11.3. The van der Waals surface area contributed by atoms with E-state index in [0.29, 0.717) is 25.9 Å². The first kappa shape index (κ1) is 23.9. The number of nitrogens with zero attached hydrogens (tertiary/aromatic N) is 2. The fourth-order valence-corrected chi connectivity index (χ4v) is 5.11. The minimum absolute atomic E-state index is 0.0992. The molecule has 0 bridgehead atoms. The molecule has 1 aliphatic rings. The minimum atomic E-state index is -0.500. The predicted octanol–water partition coefficient (Wildman–Crippen LogP) is 5.08. The summed E-state index contributed by atoms with van der Waals surface area (Å²) in [5, 5.41) is 1.98. The molecule has 0 fully saturated rings. The van der Waals surface area contributed by atoms with Gasteiger partial charge in [-0.05, 0) is 60.2 Å². The Kier molecular flexibility index (Phi) is 7.57. The molecule has 0 saturated carbocycles. The molecular formula is C26H26F2N2O3S. The molecule has 5 nitrogen and oxygen atoms in total. The van der Waals surface area contributed by atoms with Gasteiger partial charge >= 0.3 is 0 Å². The zero-order valence-corrected chi connectivity index (χ0v) is 19.7. The van der Waals surface area contributed by atoms with E-state index in [1.165, 1.54) is 34.0 Å². The molecule has 3 aromatic rings. The van der Waals surface area contributed by atoms with Crippen LogP contribution in [0.5, 0.6) is 5.75 Å². The van der Waals surface area contributed by atoms with Crippen molar-refractivity contribution in [2.45, 2.75) is 25.8 Å². The molecule has 1 aliphatic heterocycles. The van der Waals surface area contributed by atoms with E-state index in [4.69, 9.17) is 4.74 Å². The molecule has 0 spiro atoms. The summed E-state index contributed by atoms with van der Waals surface area (Å²) in [4.78, 5) is 30.8. The Labute approximate surface area is 201 Å². The largest absolute Gasteiger partial charge is 0.488 e. The molecule has 2 aromatic carbocycles. The summed E-state index contributed by atoms with van der Waals surface area (Å²) in [5.41, 5.74) is 1.19. The van der Waals surface area contributed by atoms with Crippen molar-refractivity contribution in [3.05, 3.63) is 87.6 Å². The van der Waals surface area contributed by atoms with E-state index in [0.717, 1.165) is 5.56 Å². The maximum absolute atomic E-state index is 14.1. The van der Waals surface area contributed by atoms with Crippen LogP contribution in [0.2, 0.25) is 0 Å². The lowest BCUT2D eigenvalue weighted by molar-refractivity contribution is -0.135. The zero-order valence-electron chi connectivity index (χ0n) is 18.9. The first-order chi connectivity index (χ1) is 16.5. The van der Waals surface area contributed by atoms with Gasteiger partial charge in [-0.1, -0.05) is 25.1 Å². The molecule has 0 N–H and O–H groups in total. The van der Waals surface area contributed by atoms with Gasteiger partial charge in [0.15, 0.2) is 11.6 Å². The molecule has 2 heterocycles.